The first-order valence-electron chi connectivity index (χ1n) is 5.77. The van der Waals surface area contributed by atoms with E-state index < -0.39 is 0 Å². The predicted octanol–water partition coefficient (Wildman–Crippen LogP) is 3.67. The Labute approximate surface area is 114 Å². The van der Waals surface area contributed by atoms with E-state index in [-0.39, 0.29) is 17.0 Å². The highest BCUT2D eigenvalue weighted by atomic mass is 79.9. The molecule has 0 aliphatic carbocycles. The summed E-state index contributed by atoms with van der Waals surface area (Å²) in [7, 11) is 1.62. The number of hydrogen-bond donors (Lipinski definition) is 1. The molecule has 0 unspecified atom stereocenters. The lowest BCUT2D eigenvalue weighted by atomic mass is 10.1. The molecular formula is C13H22BrNO2. The van der Waals surface area contributed by atoms with Crippen molar-refractivity contribution in [2.75, 3.05) is 19.5 Å². The number of ether oxygens (including phenoxy) is 2. The SMILES string of the molecule is Br.CCC(CC)COc1ccc(N)cc1OC. The van der Waals surface area contributed by atoms with Gasteiger partial charge in [0, 0.05) is 11.8 Å². The second-order valence-corrected chi connectivity index (χ2v) is 3.90. The Morgan fingerprint density at radius 2 is 1.82 bits per heavy atom. The lowest BCUT2D eigenvalue weighted by Gasteiger charge is -2.15. The molecule has 1 rings (SSSR count). The zero-order valence-corrected chi connectivity index (χ0v) is 12.4. The monoisotopic (exact) mass is 303 g/mol. The van der Waals surface area contributed by atoms with E-state index in [9.17, 15) is 0 Å². The molecule has 0 fully saturated rings. The summed E-state index contributed by atoms with van der Waals surface area (Å²) in [6, 6.07) is 5.46. The summed E-state index contributed by atoms with van der Waals surface area (Å²) >= 11 is 0. The molecule has 2 N–H and O–H groups in total. The van der Waals surface area contributed by atoms with Crippen LogP contribution in [0.25, 0.3) is 0 Å². The summed E-state index contributed by atoms with van der Waals surface area (Å²) in [6.45, 7) is 5.09. The summed E-state index contributed by atoms with van der Waals surface area (Å²) in [5, 5.41) is 0. The van der Waals surface area contributed by atoms with Crippen molar-refractivity contribution < 1.29 is 9.47 Å². The minimum atomic E-state index is 0. The maximum Gasteiger partial charge on any atom is 0.162 e. The van der Waals surface area contributed by atoms with Gasteiger partial charge in [0.25, 0.3) is 0 Å². The maximum atomic E-state index is 5.75. The van der Waals surface area contributed by atoms with Gasteiger partial charge in [0.1, 0.15) is 0 Å². The Hall–Kier alpha value is -0.900. The van der Waals surface area contributed by atoms with Crippen molar-refractivity contribution in [3.05, 3.63) is 18.2 Å². The zero-order chi connectivity index (χ0) is 12.0. The van der Waals surface area contributed by atoms with E-state index in [2.05, 4.69) is 13.8 Å². The molecule has 0 heterocycles. The summed E-state index contributed by atoms with van der Waals surface area (Å²) in [4.78, 5) is 0. The van der Waals surface area contributed by atoms with Crippen molar-refractivity contribution in [1.82, 2.24) is 0 Å². The van der Waals surface area contributed by atoms with E-state index in [0.717, 1.165) is 25.2 Å². The molecule has 0 spiro atoms. The Balaban J connectivity index is 0.00000256. The Morgan fingerprint density at radius 1 is 1.18 bits per heavy atom. The van der Waals surface area contributed by atoms with Crippen LogP contribution in [0.4, 0.5) is 5.69 Å². The number of methoxy groups -OCH3 is 1. The topological polar surface area (TPSA) is 44.5 Å². The molecule has 98 valence electrons. The minimum Gasteiger partial charge on any atom is -0.493 e. The third kappa shape index (κ3) is 4.86. The van der Waals surface area contributed by atoms with Crippen LogP contribution in [0.1, 0.15) is 26.7 Å². The molecule has 0 atom stereocenters. The molecule has 0 bridgehead atoms. The van der Waals surface area contributed by atoms with Gasteiger partial charge in [-0.15, -0.1) is 17.0 Å². The fourth-order valence-electron chi connectivity index (χ4n) is 1.54. The third-order valence-corrected chi connectivity index (χ3v) is 2.82. The molecule has 3 nitrogen and oxygen atoms in total. The second kappa shape index (κ2) is 8.23. The molecule has 17 heavy (non-hydrogen) atoms. The maximum absolute atomic E-state index is 5.75. The lowest BCUT2D eigenvalue weighted by molar-refractivity contribution is 0.231. The van der Waals surface area contributed by atoms with Crippen molar-refractivity contribution in [3.63, 3.8) is 0 Å². The summed E-state index contributed by atoms with van der Waals surface area (Å²) in [5.74, 6) is 2.07. The Kier molecular flexibility index (Phi) is 7.79. The standard InChI is InChI=1S/C13H21NO2.BrH/c1-4-10(5-2)9-16-12-7-6-11(14)8-13(12)15-3;/h6-8,10H,4-5,9,14H2,1-3H3;1H. The van der Waals surface area contributed by atoms with E-state index >= 15 is 0 Å². The van der Waals surface area contributed by atoms with Crippen LogP contribution in [0, 0.1) is 5.92 Å². The van der Waals surface area contributed by atoms with E-state index in [1.54, 1.807) is 13.2 Å². The average Bonchev–Trinajstić information content (AvgIpc) is 2.31. The van der Waals surface area contributed by atoms with Gasteiger partial charge < -0.3 is 15.2 Å². The largest absolute Gasteiger partial charge is 0.493 e. The van der Waals surface area contributed by atoms with Gasteiger partial charge in [0.15, 0.2) is 11.5 Å². The Bertz CT molecular complexity index is 327. The number of nitrogens with two attached hydrogens (primary N) is 1. The molecule has 1 aromatic rings. The fourth-order valence-corrected chi connectivity index (χ4v) is 1.54. The van der Waals surface area contributed by atoms with E-state index in [4.69, 9.17) is 15.2 Å². The molecule has 0 aliphatic rings. The minimum absolute atomic E-state index is 0. The van der Waals surface area contributed by atoms with Crippen LogP contribution in [0.2, 0.25) is 0 Å². The summed E-state index contributed by atoms with van der Waals surface area (Å²) < 4.78 is 11.0. The average molecular weight is 304 g/mol. The number of nitrogen functional groups attached to an aromatic ring is 1. The van der Waals surface area contributed by atoms with Gasteiger partial charge in [-0.2, -0.15) is 0 Å². The molecule has 0 saturated heterocycles. The Morgan fingerprint density at radius 3 is 2.35 bits per heavy atom. The normalized spacial score (nSPS) is 9.88. The first kappa shape index (κ1) is 16.1. The molecule has 0 amide bonds. The van der Waals surface area contributed by atoms with Gasteiger partial charge in [-0.05, 0) is 18.1 Å². The lowest BCUT2D eigenvalue weighted by Crippen LogP contribution is -2.10. The van der Waals surface area contributed by atoms with E-state index in [1.165, 1.54) is 0 Å². The quantitative estimate of drug-likeness (QED) is 0.816. The van der Waals surface area contributed by atoms with Crippen molar-refractivity contribution in [2.45, 2.75) is 26.7 Å². The number of anilines is 1. The summed E-state index contributed by atoms with van der Waals surface area (Å²) in [6.07, 6.45) is 2.27. The van der Waals surface area contributed by atoms with Gasteiger partial charge in [0.05, 0.1) is 13.7 Å². The van der Waals surface area contributed by atoms with Crippen LogP contribution in [-0.4, -0.2) is 13.7 Å². The van der Waals surface area contributed by atoms with Crippen LogP contribution < -0.4 is 15.2 Å². The van der Waals surface area contributed by atoms with Crippen molar-refractivity contribution in [1.29, 1.82) is 0 Å². The van der Waals surface area contributed by atoms with Gasteiger partial charge in [-0.25, -0.2) is 0 Å². The molecule has 0 aromatic heterocycles. The first-order valence-corrected chi connectivity index (χ1v) is 5.77. The van der Waals surface area contributed by atoms with Crippen molar-refractivity contribution >= 4 is 22.7 Å². The molecule has 4 heteroatoms. The third-order valence-electron chi connectivity index (χ3n) is 2.82. The van der Waals surface area contributed by atoms with E-state index in [0.29, 0.717) is 17.4 Å². The first-order chi connectivity index (χ1) is 7.71. The van der Waals surface area contributed by atoms with Crippen LogP contribution in [0.15, 0.2) is 18.2 Å². The van der Waals surface area contributed by atoms with Gasteiger partial charge >= 0.3 is 0 Å². The van der Waals surface area contributed by atoms with Gasteiger partial charge in [0.2, 0.25) is 0 Å². The zero-order valence-electron chi connectivity index (χ0n) is 10.7. The molecule has 0 aliphatic heterocycles. The molecular weight excluding hydrogens is 282 g/mol. The highest BCUT2D eigenvalue weighted by Crippen LogP contribution is 2.29. The van der Waals surface area contributed by atoms with Crippen molar-refractivity contribution in [3.8, 4) is 11.5 Å². The van der Waals surface area contributed by atoms with Crippen LogP contribution in [0.5, 0.6) is 11.5 Å². The highest BCUT2D eigenvalue weighted by molar-refractivity contribution is 8.93. The van der Waals surface area contributed by atoms with Gasteiger partial charge in [-0.3, -0.25) is 0 Å². The number of benzene rings is 1. The molecule has 1 aromatic carbocycles. The molecule has 0 saturated carbocycles. The number of rotatable bonds is 6. The predicted molar refractivity (Wildman–Crippen MR) is 77.3 cm³/mol. The number of hydrogen-bond acceptors (Lipinski definition) is 3. The van der Waals surface area contributed by atoms with Crippen LogP contribution >= 0.6 is 17.0 Å². The van der Waals surface area contributed by atoms with Gasteiger partial charge in [-0.1, -0.05) is 26.7 Å². The highest BCUT2D eigenvalue weighted by Gasteiger charge is 2.08. The fraction of sp³-hybridized carbons (Fsp3) is 0.538. The summed E-state index contributed by atoms with van der Waals surface area (Å²) in [5.41, 5.74) is 6.36. The van der Waals surface area contributed by atoms with Crippen LogP contribution in [0.3, 0.4) is 0 Å². The smallest absolute Gasteiger partial charge is 0.162 e. The number of halogens is 1. The second-order valence-electron chi connectivity index (χ2n) is 3.90. The molecule has 0 radical (unpaired) electrons. The van der Waals surface area contributed by atoms with Crippen LogP contribution in [-0.2, 0) is 0 Å². The van der Waals surface area contributed by atoms with Crippen molar-refractivity contribution in [2.24, 2.45) is 5.92 Å². The van der Waals surface area contributed by atoms with E-state index in [1.807, 2.05) is 12.1 Å².